The molecule has 1 unspecified atom stereocenters. The predicted molar refractivity (Wildman–Crippen MR) is 78.0 cm³/mol. The third-order valence-corrected chi connectivity index (χ3v) is 3.55. The molecule has 0 saturated carbocycles. The van der Waals surface area contributed by atoms with Crippen molar-refractivity contribution in [2.24, 2.45) is 5.92 Å². The normalized spacial score (nSPS) is 13.3. The van der Waals surface area contributed by atoms with Gasteiger partial charge >= 0.3 is 0 Å². The molecular formula is C16H27NO. The van der Waals surface area contributed by atoms with E-state index in [1.807, 2.05) is 13.8 Å². The Morgan fingerprint density at radius 1 is 1.11 bits per heavy atom. The van der Waals surface area contributed by atoms with Crippen LogP contribution in [-0.2, 0) is 6.54 Å². The molecule has 0 radical (unpaired) electrons. The quantitative estimate of drug-likeness (QED) is 0.856. The van der Waals surface area contributed by atoms with E-state index >= 15 is 0 Å². The lowest BCUT2D eigenvalue weighted by Crippen LogP contribution is -2.29. The van der Waals surface area contributed by atoms with Gasteiger partial charge in [-0.3, -0.25) is 4.90 Å². The van der Waals surface area contributed by atoms with Crippen molar-refractivity contribution in [3.8, 4) is 5.75 Å². The molecule has 1 atom stereocenters. The Labute approximate surface area is 112 Å². The lowest BCUT2D eigenvalue weighted by atomic mass is 10.0. The molecule has 0 aliphatic carbocycles. The minimum atomic E-state index is 0.427. The van der Waals surface area contributed by atoms with Crippen LogP contribution in [-0.4, -0.2) is 23.1 Å². The van der Waals surface area contributed by atoms with Gasteiger partial charge in [-0.25, -0.2) is 0 Å². The molecule has 0 aromatic heterocycles. The molecule has 0 fully saturated rings. The summed E-state index contributed by atoms with van der Waals surface area (Å²) in [5, 5.41) is 9.78. The fraction of sp³-hybridized carbons (Fsp3) is 0.625. The Morgan fingerprint density at radius 2 is 1.61 bits per heavy atom. The smallest absolute Gasteiger partial charge is 0.121 e. The highest BCUT2D eigenvalue weighted by molar-refractivity contribution is 5.42. The van der Waals surface area contributed by atoms with Gasteiger partial charge in [0.25, 0.3) is 0 Å². The summed E-state index contributed by atoms with van der Waals surface area (Å²) in [6, 6.07) is 4.75. The number of hydrogen-bond donors (Lipinski definition) is 1. The summed E-state index contributed by atoms with van der Waals surface area (Å²) in [6.07, 6.45) is 1.21. The van der Waals surface area contributed by atoms with Gasteiger partial charge in [0, 0.05) is 12.6 Å². The average Bonchev–Trinajstić information content (AvgIpc) is 2.24. The summed E-state index contributed by atoms with van der Waals surface area (Å²) in [5.41, 5.74) is 3.21. The number of nitrogens with zero attached hydrogens (tertiary/aromatic N) is 1. The SMILES string of the molecule is Cc1cc(CN(C)C(C)CC(C)C)cc(C)c1O. The van der Waals surface area contributed by atoms with Crippen LogP contribution >= 0.6 is 0 Å². The van der Waals surface area contributed by atoms with Crippen LogP contribution in [0.25, 0.3) is 0 Å². The van der Waals surface area contributed by atoms with Crippen molar-refractivity contribution in [2.45, 2.75) is 53.6 Å². The highest BCUT2D eigenvalue weighted by atomic mass is 16.3. The molecule has 0 bridgehead atoms. The van der Waals surface area contributed by atoms with E-state index in [2.05, 4.69) is 44.9 Å². The molecule has 0 saturated heterocycles. The van der Waals surface area contributed by atoms with Crippen LogP contribution in [0.5, 0.6) is 5.75 Å². The molecule has 18 heavy (non-hydrogen) atoms. The maximum absolute atomic E-state index is 9.78. The lowest BCUT2D eigenvalue weighted by molar-refractivity contribution is 0.220. The van der Waals surface area contributed by atoms with Crippen LogP contribution in [0.3, 0.4) is 0 Å². The molecule has 0 spiro atoms. The topological polar surface area (TPSA) is 23.5 Å². The molecule has 1 aromatic carbocycles. The van der Waals surface area contributed by atoms with Gasteiger partial charge in [0.05, 0.1) is 0 Å². The molecule has 2 heteroatoms. The highest BCUT2D eigenvalue weighted by Crippen LogP contribution is 2.24. The molecule has 0 amide bonds. The molecule has 102 valence electrons. The molecule has 1 rings (SSSR count). The van der Waals surface area contributed by atoms with Crippen LogP contribution < -0.4 is 0 Å². The van der Waals surface area contributed by atoms with E-state index < -0.39 is 0 Å². The number of rotatable bonds is 5. The first-order chi connectivity index (χ1) is 8.31. The van der Waals surface area contributed by atoms with Crippen molar-refractivity contribution in [3.05, 3.63) is 28.8 Å². The number of aryl methyl sites for hydroxylation is 2. The number of benzene rings is 1. The van der Waals surface area contributed by atoms with Gasteiger partial charge in [0.15, 0.2) is 0 Å². The van der Waals surface area contributed by atoms with Crippen molar-refractivity contribution in [3.63, 3.8) is 0 Å². The number of aromatic hydroxyl groups is 1. The monoisotopic (exact) mass is 249 g/mol. The Morgan fingerprint density at radius 3 is 2.06 bits per heavy atom. The summed E-state index contributed by atoms with van der Waals surface area (Å²) in [5.74, 6) is 1.15. The van der Waals surface area contributed by atoms with Crippen molar-refractivity contribution < 1.29 is 5.11 Å². The first-order valence-electron chi connectivity index (χ1n) is 6.80. The summed E-state index contributed by atoms with van der Waals surface area (Å²) >= 11 is 0. The van der Waals surface area contributed by atoms with Crippen LogP contribution in [0.2, 0.25) is 0 Å². The van der Waals surface area contributed by atoms with Crippen LogP contribution in [0.4, 0.5) is 0 Å². The third-order valence-electron chi connectivity index (χ3n) is 3.55. The molecule has 0 heterocycles. The predicted octanol–water partition coefficient (Wildman–Crippen LogP) is 3.88. The summed E-state index contributed by atoms with van der Waals surface area (Å²) in [6.45, 7) is 11.7. The van der Waals surface area contributed by atoms with Crippen LogP contribution in [0, 0.1) is 19.8 Å². The number of phenolic OH excluding ortho intramolecular Hbond substituents is 1. The van der Waals surface area contributed by atoms with Gasteiger partial charge in [-0.1, -0.05) is 26.0 Å². The first-order valence-corrected chi connectivity index (χ1v) is 6.80. The van der Waals surface area contributed by atoms with Crippen molar-refractivity contribution >= 4 is 0 Å². The second kappa shape index (κ2) is 6.24. The maximum Gasteiger partial charge on any atom is 0.121 e. The number of phenols is 1. The van der Waals surface area contributed by atoms with E-state index in [9.17, 15) is 5.11 Å². The van der Waals surface area contributed by atoms with Crippen molar-refractivity contribution in [1.29, 1.82) is 0 Å². The van der Waals surface area contributed by atoms with Gasteiger partial charge in [-0.15, -0.1) is 0 Å². The standard InChI is InChI=1S/C16H27NO/c1-11(2)7-14(5)17(6)10-15-8-12(3)16(18)13(4)9-15/h8-9,11,14,18H,7,10H2,1-6H3. The van der Waals surface area contributed by atoms with Crippen LogP contribution in [0.15, 0.2) is 12.1 Å². The van der Waals surface area contributed by atoms with Gasteiger partial charge < -0.3 is 5.11 Å². The second-order valence-electron chi connectivity index (χ2n) is 5.97. The Hall–Kier alpha value is -1.02. The minimum Gasteiger partial charge on any atom is -0.507 e. The average molecular weight is 249 g/mol. The van der Waals surface area contributed by atoms with Crippen molar-refractivity contribution in [2.75, 3.05) is 7.05 Å². The van der Waals surface area contributed by atoms with E-state index in [0.717, 1.165) is 23.6 Å². The second-order valence-corrected chi connectivity index (χ2v) is 5.97. The molecular weight excluding hydrogens is 222 g/mol. The zero-order valence-corrected chi connectivity index (χ0v) is 12.6. The molecule has 2 nitrogen and oxygen atoms in total. The maximum atomic E-state index is 9.78. The van der Waals surface area contributed by atoms with E-state index in [4.69, 9.17) is 0 Å². The Kier molecular flexibility index (Phi) is 5.21. The van der Waals surface area contributed by atoms with Gasteiger partial charge in [0.1, 0.15) is 5.75 Å². The van der Waals surface area contributed by atoms with Crippen LogP contribution in [0.1, 0.15) is 43.9 Å². The summed E-state index contributed by atoms with van der Waals surface area (Å²) in [7, 11) is 2.17. The van der Waals surface area contributed by atoms with Crippen molar-refractivity contribution in [1.82, 2.24) is 4.90 Å². The highest BCUT2D eigenvalue weighted by Gasteiger charge is 2.12. The zero-order chi connectivity index (χ0) is 13.9. The fourth-order valence-corrected chi connectivity index (χ4v) is 2.44. The fourth-order valence-electron chi connectivity index (χ4n) is 2.44. The largest absolute Gasteiger partial charge is 0.507 e. The molecule has 0 aliphatic rings. The zero-order valence-electron chi connectivity index (χ0n) is 12.6. The van der Waals surface area contributed by atoms with E-state index in [0.29, 0.717) is 11.8 Å². The molecule has 0 aliphatic heterocycles. The summed E-state index contributed by atoms with van der Waals surface area (Å²) in [4.78, 5) is 2.38. The number of hydrogen-bond acceptors (Lipinski definition) is 2. The summed E-state index contributed by atoms with van der Waals surface area (Å²) < 4.78 is 0. The first kappa shape index (κ1) is 15.0. The van der Waals surface area contributed by atoms with Gasteiger partial charge in [0.2, 0.25) is 0 Å². The Balaban J connectivity index is 2.73. The third kappa shape index (κ3) is 4.02. The van der Waals surface area contributed by atoms with E-state index in [-0.39, 0.29) is 0 Å². The van der Waals surface area contributed by atoms with Gasteiger partial charge in [-0.05, 0) is 56.8 Å². The lowest BCUT2D eigenvalue weighted by Gasteiger charge is -2.26. The van der Waals surface area contributed by atoms with Gasteiger partial charge in [-0.2, -0.15) is 0 Å². The molecule has 1 N–H and O–H groups in total. The Bertz CT molecular complexity index is 375. The van der Waals surface area contributed by atoms with E-state index in [1.165, 1.54) is 12.0 Å². The minimum absolute atomic E-state index is 0.427. The molecule has 1 aromatic rings. The van der Waals surface area contributed by atoms with E-state index in [1.54, 1.807) is 0 Å².